The Morgan fingerprint density at radius 3 is 2.78 bits per heavy atom. The normalized spacial score (nSPS) is 23.6. The second-order valence-electron chi connectivity index (χ2n) is 7.36. The average molecular weight is 386 g/mol. The van der Waals surface area contributed by atoms with Gasteiger partial charge in [0.2, 0.25) is 5.91 Å². The topological polar surface area (TPSA) is 70.2 Å². The van der Waals surface area contributed by atoms with Crippen molar-refractivity contribution in [2.24, 2.45) is 5.92 Å². The second-order valence-corrected chi connectivity index (χ2v) is 7.80. The number of piperidine rings is 1. The lowest BCUT2D eigenvalue weighted by Gasteiger charge is -2.33. The molecule has 1 aromatic heterocycles. The van der Waals surface area contributed by atoms with Crippen molar-refractivity contribution in [1.82, 2.24) is 25.7 Å². The van der Waals surface area contributed by atoms with E-state index >= 15 is 0 Å². The zero-order valence-electron chi connectivity index (χ0n) is 15.4. The molecule has 27 heavy (non-hydrogen) atoms. The molecule has 1 amide bonds. The quantitative estimate of drug-likeness (QED) is 0.849. The SMILES string of the molecule is CC1NNCC1C(=O)N1CCC(c2cncc(-c3cccc(Cl)c3)n2)CC1. The number of hydrogen-bond acceptors (Lipinski definition) is 5. The number of rotatable bonds is 3. The minimum absolute atomic E-state index is 0.0208. The van der Waals surface area contributed by atoms with Gasteiger partial charge in [-0.2, -0.15) is 0 Å². The van der Waals surface area contributed by atoms with Gasteiger partial charge in [-0.1, -0.05) is 23.7 Å². The Morgan fingerprint density at radius 2 is 2.07 bits per heavy atom. The largest absolute Gasteiger partial charge is 0.342 e. The smallest absolute Gasteiger partial charge is 0.228 e. The fourth-order valence-corrected chi connectivity index (χ4v) is 4.09. The van der Waals surface area contributed by atoms with Crippen LogP contribution in [0.15, 0.2) is 36.7 Å². The Labute approximate surface area is 164 Å². The molecule has 0 aliphatic carbocycles. The van der Waals surface area contributed by atoms with E-state index in [-0.39, 0.29) is 17.9 Å². The molecular weight excluding hydrogens is 362 g/mol. The van der Waals surface area contributed by atoms with Crippen molar-refractivity contribution in [3.63, 3.8) is 0 Å². The highest BCUT2D eigenvalue weighted by molar-refractivity contribution is 6.30. The Kier molecular flexibility index (Phi) is 5.38. The van der Waals surface area contributed by atoms with Crippen molar-refractivity contribution in [2.75, 3.05) is 19.6 Å². The van der Waals surface area contributed by atoms with Crippen LogP contribution in [0.4, 0.5) is 0 Å². The molecule has 2 saturated heterocycles. The van der Waals surface area contributed by atoms with E-state index in [4.69, 9.17) is 16.6 Å². The van der Waals surface area contributed by atoms with Crippen LogP contribution in [0, 0.1) is 5.92 Å². The molecule has 2 aromatic rings. The molecule has 0 bridgehead atoms. The molecule has 7 heteroatoms. The third-order valence-electron chi connectivity index (χ3n) is 5.57. The van der Waals surface area contributed by atoms with Gasteiger partial charge < -0.3 is 4.90 Å². The fourth-order valence-electron chi connectivity index (χ4n) is 3.90. The predicted molar refractivity (Wildman–Crippen MR) is 105 cm³/mol. The van der Waals surface area contributed by atoms with Crippen molar-refractivity contribution in [1.29, 1.82) is 0 Å². The summed E-state index contributed by atoms with van der Waals surface area (Å²) >= 11 is 6.10. The van der Waals surface area contributed by atoms with Crippen LogP contribution in [0.3, 0.4) is 0 Å². The van der Waals surface area contributed by atoms with Gasteiger partial charge in [0.15, 0.2) is 0 Å². The van der Waals surface area contributed by atoms with Crippen LogP contribution in [-0.4, -0.2) is 46.5 Å². The fraction of sp³-hybridized carbons (Fsp3) is 0.450. The lowest BCUT2D eigenvalue weighted by molar-refractivity contribution is -0.136. The summed E-state index contributed by atoms with van der Waals surface area (Å²) in [6.07, 6.45) is 5.46. The molecule has 0 spiro atoms. The first-order valence-corrected chi connectivity index (χ1v) is 9.84. The van der Waals surface area contributed by atoms with E-state index in [1.54, 1.807) is 6.20 Å². The van der Waals surface area contributed by atoms with Crippen LogP contribution in [0.1, 0.15) is 31.4 Å². The zero-order chi connectivity index (χ0) is 18.8. The molecule has 6 nitrogen and oxygen atoms in total. The molecule has 0 saturated carbocycles. The molecule has 2 atom stereocenters. The summed E-state index contributed by atoms with van der Waals surface area (Å²) < 4.78 is 0. The number of likely N-dealkylation sites (tertiary alicyclic amines) is 1. The Balaban J connectivity index is 1.42. The summed E-state index contributed by atoms with van der Waals surface area (Å²) in [5.74, 6) is 0.600. The number of benzene rings is 1. The summed E-state index contributed by atoms with van der Waals surface area (Å²) in [7, 11) is 0. The predicted octanol–water partition coefficient (Wildman–Crippen LogP) is 2.62. The molecular formula is C20H24ClN5O. The van der Waals surface area contributed by atoms with Crippen LogP contribution >= 0.6 is 11.6 Å². The number of aromatic nitrogens is 2. The van der Waals surface area contributed by atoms with E-state index in [1.807, 2.05) is 42.3 Å². The summed E-state index contributed by atoms with van der Waals surface area (Å²) in [5, 5.41) is 0.691. The molecule has 4 rings (SSSR count). The van der Waals surface area contributed by atoms with Gasteiger partial charge in [0.05, 0.1) is 23.5 Å². The molecule has 3 heterocycles. The highest BCUT2D eigenvalue weighted by atomic mass is 35.5. The lowest BCUT2D eigenvalue weighted by Crippen LogP contribution is -2.44. The maximum Gasteiger partial charge on any atom is 0.228 e. The Morgan fingerprint density at radius 1 is 1.26 bits per heavy atom. The van der Waals surface area contributed by atoms with Crippen LogP contribution in [0.25, 0.3) is 11.3 Å². The van der Waals surface area contributed by atoms with Crippen molar-refractivity contribution >= 4 is 17.5 Å². The molecule has 1 aromatic carbocycles. The van der Waals surface area contributed by atoms with Gasteiger partial charge >= 0.3 is 0 Å². The summed E-state index contributed by atoms with van der Waals surface area (Å²) in [5.41, 5.74) is 9.01. The van der Waals surface area contributed by atoms with E-state index in [0.29, 0.717) is 17.5 Å². The zero-order valence-corrected chi connectivity index (χ0v) is 16.1. The summed E-state index contributed by atoms with van der Waals surface area (Å²) in [4.78, 5) is 23.9. The number of carbonyl (C=O) groups excluding carboxylic acids is 1. The number of carbonyl (C=O) groups is 1. The maximum atomic E-state index is 12.7. The van der Waals surface area contributed by atoms with Gasteiger partial charge in [-0.15, -0.1) is 0 Å². The maximum absolute atomic E-state index is 12.7. The van der Waals surface area contributed by atoms with E-state index in [1.165, 1.54) is 0 Å². The van der Waals surface area contributed by atoms with Crippen molar-refractivity contribution in [3.8, 4) is 11.3 Å². The number of halogens is 1. The Bertz CT molecular complexity index is 822. The third-order valence-corrected chi connectivity index (χ3v) is 5.81. The minimum atomic E-state index is 0.0208. The van der Waals surface area contributed by atoms with E-state index in [9.17, 15) is 4.79 Å². The standard InChI is InChI=1S/C20H24ClN5O/c1-13-17(10-23-25-13)20(27)26-7-5-14(6-8-26)18-11-22-12-19(24-18)15-3-2-4-16(21)9-15/h2-4,9,11-14,17,23,25H,5-8,10H2,1H3. The first-order chi connectivity index (χ1) is 13.1. The van der Waals surface area contributed by atoms with Crippen molar-refractivity contribution in [2.45, 2.75) is 31.7 Å². The first kappa shape index (κ1) is 18.3. The molecule has 2 aliphatic rings. The van der Waals surface area contributed by atoms with Crippen molar-refractivity contribution in [3.05, 3.63) is 47.4 Å². The van der Waals surface area contributed by atoms with E-state index in [2.05, 4.69) is 15.8 Å². The lowest BCUT2D eigenvalue weighted by atomic mass is 9.92. The number of amides is 1. The summed E-state index contributed by atoms with van der Waals surface area (Å²) in [6, 6.07) is 7.85. The molecule has 2 unspecified atom stereocenters. The van der Waals surface area contributed by atoms with Gasteiger partial charge in [0.25, 0.3) is 0 Å². The minimum Gasteiger partial charge on any atom is -0.342 e. The summed E-state index contributed by atoms with van der Waals surface area (Å²) in [6.45, 7) is 4.30. The molecule has 0 radical (unpaired) electrons. The monoisotopic (exact) mass is 385 g/mol. The number of nitrogens with one attached hydrogen (secondary N) is 2. The van der Waals surface area contributed by atoms with Gasteiger partial charge in [-0.3, -0.25) is 20.6 Å². The molecule has 2 N–H and O–H groups in total. The van der Waals surface area contributed by atoms with Crippen LogP contribution in [0.5, 0.6) is 0 Å². The third kappa shape index (κ3) is 3.98. The Hall–Kier alpha value is -2.02. The van der Waals surface area contributed by atoms with E-state index in [0.717, 1.165) is 42.9 Å². The number of nitrogens with zero attached hydrogens (tertiary/aromatic N) is 3. The molecule has 2 fully saturated rings. The molecule has 2 aliphatic heterocycles. The second kappa shape index (κ2) is 7.92. The van der Waals surface area contributed by atoms with Gasteiger partial charge in [-0.05, 0) is 31.9 Å². The van der Waals surface area contributed by atoms with E-state index < -0.39 is 0 Å². The highest BCUT2D eigenvalue weighted by Gasteiger charge is 2.34. The first-order valence-electron chi connectivity index (χ1n) is 9.47. The van der Waals surface area contributed by atoms with Gasteiger partial charge in [-0.25, -0.2) is 4.98 Å². The highest BCUT2D eigenvalue weighted by Crippen LogP contribution is 2.29. The number of hydrogen-bond donors (Lipinski definition) is 2. The van der Waals surface area contributed by atoms with Crippen molar-refractivity contribution < 1.29 is 4.79 Å². The molecule has 142 valence electrons. The van der Waals surface area contributed by atoms with Gasteiger partial charge in [0, 0.05) is 48.4 Å². The van der Waals surface area contributed by atoms with Crippen LogP contribution in [0.2, 0.25) is 5.02 Å². The average Bonchev–Trinajstić information content (AvgIpc) is 3.13. The number of hydrazine groups is 1. The van der Waals surface area contributed by atoms with Crippen LogP contribution < -0.4 is 10.9 Å². The van der Waals surface area contributed by atoms with Gasteiger partial charge in [0.1, 0.15) is 0 Å². The van der Waals surface area contributed by atoms with Crippen LogP contribution in [-0.2, 0) is 4.79 Å².